The van der Waals surface area contributed by atoms with Crippen molar-refractivity contribution in [1.29, 1.82) is 0 Å². The molecule has 0 radical (unpaired) electrons. The smallest absolute Gasteiger partial charge is 0.248 e. The number of aliphatic hydroxyl groups excluding tert-OH is 1. The summed E-state index contributed by atoms with van der Waals surface area (Å²) in [5.74, 6) is -0.410. The number of nitrogens with two attached hydrogens (primary N) is 1. The van der Waals surface area contributed by atoms with Gasteiger partial charge < -0.3 is 15.7 Å². The first-order chi connectivity index (χ1) is 9.04. The topological polar surface area (TPSA) is 83.6 Å². The van der Waals surface area contributed by atoms with Crippen molar-refractivity contribution in [2.75, 3.05) is 13.7 Å². The van der Waals surface area contributed by atoms with Crippen molar-refractivity contribution in [3.05, 3.63) is 35.4 Å². The fraction of sp³-hybridized carbons (Fsp3) is 0.429. The minimum atomic E-state index is -0.458. The molecule has 1 aromatic carbocycles. The summed E-state index contributed by atoms with van der Waals surface area (Å²) in [5.41, 5.74) is 6.56. The summed E-state index contributed by atoms with van der Waals surface area (Å²) in [5, 5.41) is 8.66. The number of hydrogen-bond donors (Lipinski definition) is 2. The van der Waals surface area contributed by atoms with Gasteiger partial charge >= 0.3 is 0 Å². The number of primary amides is 1. The predicted octanol–water partition coefficient (Wildman–Crippen LogP) is 0.906. The summed E-state index contributed by atoms with van der Waals surface area (Å²) < 4.78 is 0. The highest BCUT2D eigenvalue weighted by molar-refractivity contribution is 5.92. The minimum Gasteiger partial charge on any atom is -0.396 e. The molecule has 0 heterocycles. The average molecular weight is 264 g/mol. The molecule has 0 spiro atoms. The molecule has 5 nitrogen and oxygen atoms in total. The van der Waals surface area contributed by atoms with E-state index in [-0.39, 0.29) is 12.5 Å². The van der Waals surface area contributed by atoms with Gasteiger partial charge in [0, 0.05) is 32.2 Å². The Hall–Kier alpha value is -1.88. The van der Waals surface area contributed by atoms with Gasteiger partial charge in [-0.1, -0.05) is 12.1 Å². The van der Waals surface area contributed by atoms with Gasteiger partial charge in [-0.25, -0.2) is 0 Å². The Labute approximate surface area is 113 Å². The molecule has 5 heteroatoms. The van der Waals surface area contributed by atoms with Gasteiger partial charge in [0.25, 0.3) is 0 Å². The SMILES string of the molecule is CN(Cc1ccc(C(N)=O)cc1)C(=O)CCCCO. The molecule has 0 fully saturated rings. The third-order valence-electron chi connectivity index (χ3n) is 2.88. The summed E-state index contributed by atoms with van der Waals surface area (Å²) in [6, 6.07) is 6.89. The molecule has 0 atom stereocenters. The van der Waals surface area contributed by atoms with Crippen LogP contribution in [0, 0.1) is 0 Å². The zero-order valence-electron chi connectivity index (χ0n) is 11.1. The number of hydrogen-bond acceptors (Lipinski definition) is 3. The highest BCUT2D eigenvalue weighted by Gasteiger charge is 2.09. The van der Waals surface area contributed by atoms with Crippen LogP contribution >= 0.6 is 0 Å². The van der Waals surface area contributed by atoms with E-state index in [1.807, 2.05) is 0 Å². The Morgan fingerprint density at radius 2 is 1.84 bits per heavy atom. The lowest BCUT2D eigenvalue weighted by Gasteiger charge is -2.17. The molecular formula is C14H20N2O3. The van der Waals surface area contributed by atoms with Crippen LogP contribution in [0.1, 0.15) is 35.2 Å². The van der Waals surface area contributed by atoms with E-state index in [1.165, 1.54) is 0 Å². The first-order valence-electron chi connectivity index (χ1n) is 6.28. The summed E-state index contributed by atoms with van der Waals surface area (Å²) in [4.78, 5) is 24.3. The Balaban J connectivity index is 2.49. The lowest BCUT2D eigenvalue weighted by Crippen LogP contribution is -2.26. The molecular weight excluding hydrogens is 244 g/mol. The van der Waals surface area contributed by atoms with Crippen LogP contribution < -0.4 is 5.73 Å². The van der Waals surface area contributed by atoms with Crippen LogP contribution in [0.5, 0.6) is 0 Å². The molecule has 0 aliphatic rings. The van der Waals surface area contributed by atoms with Crippen molar-refractivity contribution >= 4 is 11.8 Å². The number of nitrogens with zero attached hydrogens (tertiary/aromatic N) is 1. The van der Waals surface area contributed by atoms with E-state index in [1.54, 1.807) is 36.2 Å². The maximum Gasteiger partial charge on any atom is 0.248 e. The number of unbranched alkanes of at least 4 members (excludes halogenated alkanes) is 1. The van der Waals surface area contributed by atoms with E-state index in [0.717, 1.165) is 5.56 Å². The van der Waals surface area contributed by atoms with Crippen molar-refractivity contribution in [3.63, 3.8) is 0 Å². The molecule has 19 heavy (non-hydrogen) atoms. The van der Waals surface area contributed by atoms with Crippen LogP contribution in [-0.2, 0) is 11.3 Å². The monoisotopic (exact) mass is 264 g/mol. The van der Waals surface area contributed by atoms with Crippen molar-refractivity contribution in [1.82, 2.24) is 4.90 Å². The van der Waals surface area contributed by atoms with Crippen molar-refractivity contribution in [3.8, 4) is 0 Å². The molecule has 104 valence electrons. The molecule has 0 aliphatic carbocycles. The molecule has 0 saturated heterocycles. The number of carbonyl (C=O) groups excluding carboxylic acids is 2. The number of carbonyl (C=O) groups is 2. The Morgan fingerprint density at radius 1 is 1.21 bits per heavy atom. The second-order valence-electron chi connectivity index (χ2n) is 4.49. The normalized spacial score (nSPS) is 10.2. The standard InChI is InChI=1S/C14H20N2O3/c1-16(13(18)4-2-3-9-17)10-11-5-7-12(8-6-11)14(15)19/h5-8,17H,2-4,9-10H2,1H3,(H2,15,19). The van der Waals surface area contributed by atoms with E-state index in [0.29, 0.717) is 31.4 Å². The van der Waals surface area contributed by atoms with Crippen LogP contribution in [0.15, 0.2) is 24.3 Å². The zero-order chi connectivity index (χ0) is 14.3. The highest BCUT2D eigenvalue weighted by atomic mass is 16.3. The highest BCUT2D eigenvalue weighted by Crippen LogP contribution is 2.08. The second-order valence-corrected chi connectivity index (χ2v) is 4.49. The fourth-order valence-electron chi connectivity index (χ4n) is 1.72. The van der Waals surface area contributed by atoms with Gasteiger partial charge in [0.1, 0.15) is 0 Å². The van der Waals surface area contributed by atoms with Crippen LogP contribution in [0.2, 0.25) is 0 Å². The van der Waals surface area contributed by atoms with Crippen molar-refractivity contribution in [2.45, 2.75) is 25.8 Å². The fourth-order valence-corrected chi connectivity index (χ4v) is 1.72. The van der Waals surface area contributed by atoms with Gasteiger partial charge in [-0.05, 0) is 30.5 Å². The third-order valence-corrected chi connectivity index (χ3v) is 2.88. The summed E-state index contributed by atoms with van der Waals surface area (Å²) in [7, 11) is 1.74. The average Bonchev–Trinajstić information content (AvgIpc) is 2.39. The van der Waals surface area contributed by atoms with Gasteiger partial charge in [-0.3, -0.25) is 9.59 Å². The summed E-state index contributed by atoms with van der Waals surface area (Å²) in [6.45, 7) is 0.614. The quantitative estimate of drug-likeness (QED) is 0.718. The van der Waals surface area contributed by atoms with Gasteiger partial charge in [-0.15, -0.1) is 0 Å². The Bertz CT molecular complexity index is 429. The maximum atomic E-state index is 11.8. The number of aliphatic hydroxyl groups is 1. The molecule has 0 unspecified atom stereocenters. The number of benzene rings is 1. The van der Waals surface area contributed by atoms with Gasteiger partial charge in [0.2, 0.25) is 11.8 Å². The van der Waals surface area contributed by atoms with Gasteiger partial charge in [-0.2, -0.15) is 0 Å². The number of amides is 2. The first kappa shape index (κ1) is 15.2. The van der Waals surface area contributed by atoms with Crippen LogP contribution in [0.4, 0.5) is 0 Å². The van der Waals surface area contributed by atoms with E-state index in [2.05, 4.69) is 0 Å². The van der Waals surface area contributed by atoms with E-state index in [9.17, 15) is 9.59 Å². The van der Waals surface area contributed by atoms with Crippen LogP contribution in [0.3, 0.4) is 0 Å². The summed E-state index contributed by atoms with van der Waals surface area (Å²) >= 11 is 0. The van der Waals surface area contributed by atoms with Crippen LogP contribution in [0.25, 0.3) is 0 Å². The maximum absolute atomic E-state index is 11.8. The summed E-state index contributed by atoms with van der Waals surface area (Å²) in [6.07, 6.45) is 1.78. The molecule has 2 amide bonds. The van der Waals surface area contributed by atoms with Gasteiger partial charge in [0.15, 0.2) is 0 Å². The Kier molecular flexibility index (Phi) is 6.02. The largest absolute Gasteiger partial charge is 0.396 e. The molecule has 0 aromatic heterocycles. The lowest BCUT2D eigenvalue weighted by atomic mass is 10.1. The Morgan fingerprint density at radius 3 is 2.37 bits per heavy atom. The molecule has 1 rings (SSSR count). The van der Waals surface area contributed by atoms with Crippen molar-refractivity contribution in [2.24, 2.45) is 5.73 Å². The first-order valence-corrected chi connectivity index (χ1v) is 6.28. The van der Waals surface area contributed by atoms with E-state index in [4.69, 9.17) is 10.8 Å². The molecule has 0 aliphatic heterocycles. The van der Waals surface area contributed by atoms with Crippen LogP contribution in [-0.4, -0.2) is 35.5 Å². The third kappa shape index (κ3) is 5.09. The number of rotatable bonds is 7. The molecule has 0 bridgehead atoms. The molecule has 3 N–H and O–H groups in total. The lowest BCUT2D eigenvalue weighted by molar-refractivity contribution is -0.130. The molecule has 0 saturated carbocycles. The van der Waals surface area contributed by atoms with E-state index >= 15 is 0 Å². The minimum absolute atomic E-state index is 0.0485. The zero-order valence-corrected chi connectivity index (χ0v) is 11.1. The second kappa shape index (κ2) is 7.53. The predicted molar refractivity (Wildman–Crippen MR) is 72.4 cm³/mol. The molecule has 1 aromatic rings. The van der Waals surface area contributed by atoms with Crippen molar-refractivity contribution < 1.29 is 14.7 Å². The van der Waals surface area contributed by atoms with Gasteiger partial charge in [0.05, 0.1) is 0 Å². The van der Waals surface area contributed by atoms with E-state index < -0.39 is 5.91 Å².